The Morgan fingerprint density at radius 2 is 2.21 bits per heavy atom. The number of likely N-dealkylation sites (tertiary alicyclic amines) is 1. The van der Waals surface area contributed by atoms with Gasteiger partial charge in [-0.2, -0.15) is 0 Å². The lowest BCUT2D eigenvalue weighted by Crippen LogP contribution is -2.33. The molecule has 1 amide bonds. The standard InChI is InChI=1S/C15H23BrN2O/c1-3-7-18-11-13(16)10-14(18)15(19)17-8-4-5-12(2)6-9-17/h10-12H,3-9H2,1-2H3. The Hall–Kier alpha value is -0.770. The molecule has 1 aliphatic rings. The van der Waals surface area contributed by atoms with Crippen molar-refractivity contribution < 1.29 is 4.79 Å². The molecule has 3 nitrogen and oxygen atoms in total. The third kappa shape index (κ3) is 3.62. The van der Waals surface area contributed by atoms with Crippen molar-refractivity contribution in [3.8, 4) is 0 Å². The van der Waals surface area contributed by atoms with Gasteiger partial charge in [-0.3, -0.25) is 4.79 Å². The van der Waals surface area contributed by atoms with Gasteiger partial charge in [-0.15, -0.1) is 0 Å². The fourth-order valence-corrected chi connectivity index (χ4v) is 3.17. The van der Waals surface area contributed by atoms with Gasteiger partial charge in [0.2, 0.25) is 0 Å². The molecule has 0 radical (unpaired) electrons. The summed E-state index contributed by atoms with van der Waals surface area (Å²) in [4.78, 5) is 14.7. The van der Waals surface area contributed by atoms with Crippen molar-refractivity contribution in [1.82, 2.24) is 9.47 Å². The normalized spacial score (nSPS) is 20.4. The molecule has 0 bridgehead atoms. The lowest BCUT2D eigenvalue weighted by Gasteiger charge is -2.21. The Bertz CT molecular complexity index is 441. The van der Waals surface area contributed by atoms with Gasteiger partial charge in [0, 0.05) is 30.3 Å². The van der Waals surface area contributed by atoms with E-state index in [9.17, 15) is 4.79 Å². The summed E-state index contributed by atoms with van der Waals surface area (Å²) in [6.07, 6.45) is 6.54. The SMILES string of the molecule is CCCn1cc(Br)cc1C(=O)N1CCCC(C)CC1. The Kier molecular flexibility index (Phi) is 5.08. The minimum atomic E-state index is 0.188. The molecule has 4 heteroatoms. The molecule has 1 aromatic rings. The third-order valence-electron chi connectivity index (χ3n) is 3.85. The average Bonchev–Trinajstić information content (AvgIpc) is 2.60. The Balaban J connectivity index is 2.14. The van der Waals surface area contributed by atoms with E-state index in [1.807, 2.05) is 17.2 Å². The summed E-state index contributed by atoms with van der Waals surface area (Å²) in [6, 6.07) is 1.95. The third-order valence-corrected chi connectivity index (χ3v) is 4.28. The average molecular weight is 327 g/mol. The van der Waals surface area contributed by atoms with Gasteiger partial charge in [-0.25, -0.2) is 0 Å². The summed E-state index contributed by atoms with van der Waals surface area (Å²) >= 11 is 3.48. The summed E-state index contributed by atoms with van der Waals surface area (Å²) in [5, 5.41) is 0. The van der Waals surface area contributed by atoms with Crippen LogP contribution in [-0.4, -0.2) is 28.5 Å². The molecule has 1 unspecified atom stereocenters. The number of halogens is 1. The minimum absolute atomic E-state index is 0.188. The smallest absolute Gasteiger partial charge is 0.270 e. The van der Waals surface area contributed by atoms with Crippen LogP contribution in [0.2, 0.25) is 0 Å². The van der Waals surface area contributed by atoms with Crippen molar-refractivity contribution in [3.63, 3.8) is 0 Å². The summed E-state index contributed by atoms with van der Waals surface area (Å²) in [7, 11) is 0. The Morgan fingerprint density at radius 1 is 1.42 bits per heavy atom. The van der Waals surface area contributed by atoms with Crippen LogP contribution in [0.4, 0.5) is 0 Å². The van der Waals surface area contributed by atoms with Gasteiger partial charge in [0.05, 0.1) is 0 Å². The van der Waals surface area contributed by atoms with Gasteiger partial charge < -0.3 is 9.47 Å². The van der Waals surface area contributed by atoms with Crippen LogP contribution in [0.25, 0.3) is 0 Å². The number of aromatic nitrogens is 1. The van der Waals surface area contributed by atoms with Gasteiger partial charge in [-0.05, 0) is 53.6 Å². The zero-order valence-electron chi connectivity index (χ0n) is 11.9. The van der Waals surface area contributed by atoms with Gasteiger partial charge in [-0.1, -0.05) is 13.8 Å². The number of carbonyl (C=O) groups is 1. The topological polar surface area (TPSA) is 25.2 Å². The highest BCUT2D eigenvalue weighted by atomic mass is 79.9. The second kappa shape index (κ2) is 6.60. The summed E-state index contributed by atoms with van der Waals surface area (Å²) in [5.41, 5.74) is 0.822. The summed E-state index contributed by atoms with van der Waals surface area (Å²) < 4.78 is 3.06. The highest BCUT2D eigenvalue weighted by Gasteiger charge is 2.22. The van der Waals surface area contributed by atoms with Crippen molar-refractivity contribution in [2.45, 2.75) is 46.1 Å². The van der Waals surface area contributed by atoms with E-state index in [-0.39, 0.29) is 5.91 Å². The fourth-order valence-electron chi connectivity index (χ4n) is 2.71. The molecular weight excluding hydrogens is 304 g/mol. The molecule has 0 spiro atoms. The second-order valence-electron chi connectivity index (χ2n) is 5.57. The van der Waals surface area contributed by atoms with Crippen LogP contribution >= 0.6 is 15.9 Å². The quantitative estimate of drug-likeness (QED) is 0.826. The molecule has 0 aromatic carbocycles. The van der Waals surface area contributed by atoms with Gasteiger partial charge in [0.25, 0.3) is 5.91 Å². The maximum Gasteiger partial charge on any atom is 0.270 e. The maximum atomic E-state index is 12.7. The number of amides is 1. The lowest BCUT2D eigenvalue weighted by molar-refractivity contribution is 0.0749. The van der Waals surface area contributed by atoms with Crippen molar-refractivity contribution in [2.24, 2.45) is 5.92 Å². The van der Waals surface area contributed by atoms with E-state index in [2.05, 4.69) is 34.3 Å². The molecule has 2 heterocycles. The monoisotopic (exact) mass is 326 g/mol. The van der Waals surface area contributed by atoms with E-state index in [0.717, 1.165) is 55.0 Å². The molecule has 19 heavy (non-hydrogen) atoms. The van der Waals surface area contributed by atoms with E-state index in [1.165, 1.54) is 6.42 Å². The van der Waals surface area contributed by atoms with Crippen LogP contribution in [0.1, 0.15) is 50.0 Å². The fraction of sp³-hybridized carbons (Fsp3) is 0.667. The van der Waals surface area contributed by atoms with Crippen LogP contribution in [0, 0.1) is 5.92 Å². The first kappa shape index (κ1) is 14.6. The van der Waals surface area contributed by atoms with Crippen LogP contribution in [0.3, 0.4) is 0 Å². The summed E-state index contributed by atoms with van der Waals surface area (Å²) in [5.74, 6) is 0.931. The van der Waals surface area contributed by atoms with Crippen molar-refractivity contribution in [2.75, 3.05) is 13.1 Å². The molecule has 1 atom stereocenters. The van der Waals surface area contributed by atoms with Crippen molar-refractivity contribution in [1.29, 1.82) is 0 Å². The predicted octanol–water partition coefficient (Wildman–Crippen LogP) is 3.92. The maximum absolute atomic E-state index is 12.7. The number of hydrogen-bond donors (Lipinski definition) is 0. The zero-order chi connectivity index (χ0) is 13.8. The number of nitrogens with zero attached hydrogens (tertiary/aromatic N) is 2. The molecule has 1 aromatic heterocycles. The van der Waals surface area contributed by atoms with Crippen molar-refractivity contribution in [3.05, 3.63) is 22.4 Å². The molecule has 1 aliphatic heterocycles. The van der Waals surface area contributed by atoms with Gasteiger partial charge in [0.15, 0.2) is 0 Å². The van der Waals surface area contributed by atoms with E-state index < -0.39 is 0 Å². The van der Waals surface area contributed by atoms with E-state index >= 15 is 0 Å². The highest BCUT2D eigenvalue weighted by Crippen LogP contribution is 2.21. The Morgan fingerprint density at radius 3 is 2.95 bits per heavy atom. The van der Waals surface area contributed by atoms with Crippen LogP contribution in [-0.2, 0) is 6.54 Å². The van der Waals surface area contributed by atoms with Crippen molar-refractivity contribution >= 4 is 21.8 Å². The molecular formula is C15H23BrN2O. The van der Waals surface area contributed by atoms with E-state index in [1.54, 1.807) is 0 Å². The summed E-state index contributed by atoms with van der Waals surface area (Å²) in [6.45, 7) is 7.12. The van der Waals surface area contributed by atoms with Crippen LogP contribution in [0.5, 0.6) is 0 Å². The number of rotatable bonds is 3. The lowest BCUT2D eigenvalue weighted by atomic mass is 10.0. The first-order valence-electron chi connectivity index (χ1n) is 7.26. The molecule has 1 fully saturated rings. The zero-order valence-corrected chi connectivity index (χ0v) is 13.4. The Labute approximate surface area is 124 Å². The molecule has 106 valence electrons. The van der Waals surface area contributed by atoms with Gasteiger partial charge in [0.1, 0.15) is 5.69 Å². The number of carbonyl (C=O) groups excluding carboxylic acids is 1. The predicted molar refractivity (Wildman–Crippen MR) is 81.3 cm³/mol. The molecule has 0 aliphatic carbocycles. The molecule has 0 N–H and O–H groups in total. The first-order valence-corrected chi connectivity index (χ1v) is 8.06. The first-order chi connectivity index (χ1) is 9.11. The molecule has 0 saturated carbocycles. The van der Waals surface area contributed by atoms with Crippen LogP contribution < -0.4 is 0 Å². The van der Waals surface area contributed by atoms with Crippen LogP contribution in [0.15, 0.2) is 16.7 Å². The largest absolute Gasteiger partial charge is 0.342 e. The molecule has 1 saturated heterocycles. The van der Waals surface area contributed by atoms with Gasteiger partial charge >= 0.3 is 0 Å². The van der Waals surface area contributed by atoms with E-state index in [4.69, 9.17) is 0 Å². The number of aryl methyl sites for hydroxylation is 1. The number of hydrogen-bond acceptors (Lipinski definition) is 1. The van der Waals surface area contributed by atoms with E-state index in [0.29, 0.717) is 0 Å². The highest BCUT2D eigenvalue weighted by molar-refractivity contribution is 9.10. The second-order valence-corrected chi connectivity index (χ2v) is 6.48. The minimum Gasteiger partial charge on any atom is -0.342 e. The molecule has 2 rings (SSSR count).